The van der Waals surface area contributed by atoms with Crippen molar-refractivity contribution in [3.8, 4) is 0 Å². The van der Waals surface area contributed by atoms with E-state index in [0.717, 1.165) is 19.5 Å². The molecule has 2 aliphatic heterocycles. The van der Waals surface area contributed by atoms with Crippen LogP contribution in [0.4, 0.5) is 0 Å². The van der Waals surface area contributed by atoms with E-state index in [1.54, 1.807) is 4.90 Å². The largest absolute Gasteiger partial charge is 0.341 e. The molecule has 2 fully saturated rings. The fourth-order valence-corrected chi connectivity index (χ4v) is 3.64. The number of amides is 3. The van der Waals surface area contributed by atoms with E-state index in [2.05, 4.69) is 0 Å². The Balaban J connectivity index is 1.85. The van der Waals surface area contributed by atoms with Gasteiger partial charge in [-0.05, 0) is 31.6 Å². The van der Waals surface area contributed by atoms with Crippen LogP contribution in [0.5, 0.6) is 0 Å². The van der Waals surface area contributed by atoms with Gasteiger partial charge in [0.15, 0.2) is 0 Å². The normalized spacial score (nSPS) is 28.9. The third-order valence-electron chi connectivity index (χ3n) is 5.00. The van der Waals surface area contributed by atoms with Crippen molar-refractivity contribution in [1.82, 2.24) is 9.80 Å². The fourth-order valence-electron chi connectivity index (χ4n) is 3.64. The smallest absolute Gasteiger partial charge is 0.245 e. The lowest BCUT2D eigenvalue weighted by molar-refractivity contribution is -0.154. The molecule has 0 radical (unpaired) electrons. The van der Waals surface area contributed by atoms with Crippen LogP contribution in [0.1, 0.15) is 39.5 Å². The Hall–Kier alpha value is -1.65. The second kappa shape index (κ2) is 5.86. The van der Waals surface area contributed by atoms with Gasteiger partial charge in [-0.2, -0.15) is 0 Å². The number of hydrogen-bond donors (Lipinski definition) is 0. The summed E-state index contributed by atoms with van der Waals surface area (Å²) in [5, 5.41) is 0. The molecule has 0 aromatic carbocycles. The Kier molecular flexibility index (Phi) is 4.06. The number of carbonyl (C=O) groups excluding carboxylic acids is 3. The van der Waals surface area contributed by atoms with Crippen LogP contribution in [-0.2, 0) is 14.4 Å². The van der Waals surface area contributed by atoms with Crippen LogP contribution < -0.4 is 0 Å². The number of nitrogens with zero attached hydrogens (tertiary/aromatic N) is 2. The Labute approximate surface area is 131 Å². The lowest BCUT2D eigenvalue weighted by Crippen LogP contribution is -2.55. The van der Waals surface area contributed by atoms with E-state index in [1.807, 2.05) is 26.0 Å². The van der Waals surface area contributed by atoms with Crippen molar-refractivity contribution >= 4 is 17.7 Å². The van der Waals surface area contributed by atoms with Gasteiger partial charge in [0.25, 0.3) is 0 Å². The first-order valence-electron chi connectivity index (χ1n) is 8.31. The average Bonchev–Trinajstić information content (AvgIpc) is 2.67. The van der Waals surface area contributed by atoms with Crippen LogP contribution in [-0.4, -0.2) is 46.7 Å². The quantitative estimate of drug-likeness (QED) is 0.585. The predicted octanol–water partition coefficient (Wildman–Crippen LogP) is 1.58. The number of carbonyl (C=O) groups is 3. The molecule has 0 saturated carbocycles. The highest BCUT2D eigenvalue weighted by molar-refractivity contribution is 6.08. The predicted molar refractivity (Wildman–Crippen MR) is 81.6 cm³/mol. The lowest BCUT2D eigenvalue weighted by atomic mass is 9.85. The molecule has 3 amide bonds. The van der Waals surface area contributed by atoms with E-state index in [9.17, 15) is 14.4 Å². The molecule has 3 atom stereocenters. The molecule has 0 unspecified atom stereocenters. The number of hydrogen-bond acceptors (Lipinski definition) is 3. The molecule has 0 spiro atoms. The molecule has 5 heteroatoms. The zero-order valence-electron chi connectivity index (χ0n) is 13.3. The lowest BCUT2D eigenvalue weighted by Gasteiger charge is -2.37. The summed E-state index contributed by atoms with van der Waals surface area (Å²) < 4.78 is 0. The van der Waals surface area contributed by atoms with E-state index in [0.29, 0.717) is 19.3 Å². The van der Waals surface area contributed by atoms with Crippen LogP contribution >= 0.6 is 0 Å². The number of likely N-dealkylation sites (tertiary alicyclic amines) is 2. The maximum Gasteiger partial charge on any atom is 0.245 e. The molecule has 120 valence electrons. The second-order valence-electron chi connectivity index (χ2n) is 7.03. The first-order chi connectivity index (χ1) is 10.5. The van der Waals surface area contributed by atoms with Gasteiger partial charge in [0.05, 0.1) is 11.8 Å². The maximum absolute atomic E-state index is 12.7. The summed E-state index contributed by atoms with van der Waals surface area (Å²) in [6.07, 6.45) is 6.77. The molecule has 0 aromatic heterocycles. The van der Waals surface area contributed by atoms with E-state index in [4.69, 9.17) is 0 Å². The Bertz CT molecular complexity index is 496. The summed E-state index contributed by atoms with van der Waals surface area (Å²) in [5.41, 5.74) is 0. The van der Waals surface area contributed by atoms with Crippen LogP contribution in [0.15, 0.2) is 12.2 Å². The molecule has 5 nitrogen and oxygen atoms in total. The third-order valence-corrected chi connectivity index (χ3v) is 5.00. The number of rotatable bonds is 4. The molecular formula is C17H24N2O3. The van der Waals surface area contributed by atoms with Crippen molar-refractivity contribution in [3.63, 3.8) is 0 Å². The monoisotopic (exact) mass is 304 g/mol. The third kappa shape index (κ3) is 2.46. The molecule has 0 bridgehead atoms. The number of fused-ring (bicyclic) bond motifs is 1. The first-order valence-corrected chi connectivity index (χ1v) is 8.31. The standard InChI is InChI=1S/C17H24N2O3/c1-11(2)10-14(17(22)18-8-5-9-18)19-15(20)12-6-3-4-7-13(12)16(19)21/h3-4,11-14H,5-10H2,1-2H3/t12-,13-,14-/m1/s1. The minimum absolute atomic E-state index is 0.0479. The van der Waals surface area contributed by atoms with Gasteiger partial charge in [0.1, 0.15) is 6.04 Å². The maximum atomic E-state index is 12.7. The molecule has 2 heterocycles. The van der Waals surface area contributed by atoms with Gasteiger partial charge in [-0.15, -0.1) is 0 Å². The summed E-state index contributed by atoms with van der Waals surface area (Å²) in [5.74, 6) is -0.574. The van der Waals surface area contributed by atoms with Gasteiger partial charge in [-0.3, -0.25) is 19.3 Å². The molecular weight excluding hydrogens is 280 g/mol. The van der Waals surface area contributed by atoms with Crippen LogP contribution in [0.25, 0.3) is 0 Å². The van der Waals surface area contributed by atoms with Gasteiger partial charge in [-0.1, -0.05) is 26.0 Å². The van der Waals surface area contributed by atoms with Crippen molar-refractivity contribution in [1.29, 1.82) is 0 Å². The Morgan fingerprint density at radius 2 is 1.68 bits per heavy atom. The second-order valence-corrected chi connectivity index (χ2v) is 7.03. The summed E-state index contributed by atoms with van der Waals surface area (Å²) >= 11 is 0. The Morgan fingerprint density at radius 3 is 2.09 bits per heavy atom. The highest BCUT2D eigenvalue weighted by atomic mass is 16.2. The van der Waals surface area contributed by atoms with Crippen molar-refractivity contribution in [2.24, 2.45) is 17.8 Å². The SMILES string of the molecule is CC(C)C[C@H](C(=O)N1CCC1)N1C(=O)[C@@H]2CC=CC[C@H]2C1=O. The summed E-state index contributed by atoms with van der Waals surface area (Å²) in [7, 11) is 0. The van der Waals surface area contributed by atoms with E-state index >= 15 is 0 Å². The van der Waals surface area contributed by atoms with Crippen LogP contribution in [0, 0.1) is 17.8 Å². The van der Waals surface area contributed by atoms with Crippen molar-refractivity contribution in [2.75, 3.05) is 13.1 Å². The van der Waals surface area contributed by atoms with Crippen LogP contribution in [0.3, 0.4) is 0 Å². The summed E-state index contributed by atoms with van der Waals surface area (Å²) in [6.45, 7) is 5.54. The molecule has 3 aliphatic rings. The average molecular weight is 304 g/mol. The first kappa shape index (κ1) is 15.3. The van der Waals surface area contributed by atoms with Gasteiger partial charge in [-0.25, -0.2) is 0 Å². The zero-order valence-corrected chi connectivity index (χ0v) is 13.3. The molecule has 2 saturated heterocycles. The minimum Gasteiger partial charge on any atom is -0.341 e. The highest BCUT2D eigenvalue weighted by Gasteiger charge is 2.51. The van der Waals surface area contributed by atoms with Gasteiger partial charge < -0.3 is 4.90 Å². The zero-order chi connectivity index (χ0) is 15.9. The molecule has 0 aromatic rings. The van der Waals surface area contributed by atoms with Crippen molar-refractivity contribution in [3.05, 3.63) is 12.2 Å². The van der Waals surface area contributed by atoms with Crippen molar-refractivity contribution < 1.29 is 14.4 Å². The molecule has 1 aliphatic carbocycles. The van der Waals surface area contributed by atoms with E-state index in [-0.39, 0.29) is 35.5 Å². The topological polar surface area (TPSA) is 57.7 Å². The van der Waals surface area contributed by atoms with Gasteiger partial charge >= 0.3 is 0 Å². The van der Waals surface area contributed by atoms with Gasteiger partial charge in [0.2, 0.25) is 17.7 Å². The highest BCUT2D eigenvalue weighted by Crippen LogP contribution is 2.37. The molecule has 3 rings (SSSR count). The van der Waals surface area contributed by atoms with E-state index < -0.39 is 6.04 Å². The van der Waals surface area contributed by atoms with E-state index in [1.165, 1.54) is 4.90 Å². The fraction of sp³-hybridized carbons (Fsp3) is 0.706. The Morgan fingerprint density at radius 1 is 1.14 bits per heavy atom. The minimum atomic E-state index is -0.606. The van der Waals surface area contributed by atoms with Gasteiger partial charge in [0, 0.05) is 13.1 Å². The van der Waals surface area contributed by atoms with Crippen LogP contribution in [0.2, 0.25) is 0 Å². The molecule has 22 heavy (non-hydrogen) atoms. The number of imide groups is 1. The summed E-state index contributed by atoms with van der Waals surface area (Å²) in [4.78, 5) is 41.2. The molecule has 0 N–H and O–H groups in total. The van der Waals surface area contributed by atoms with Crippen molar-refractivity contribution in [2.45, 2.75) is 45.6 Å². The summed E-state index contributed by atoms with van der Waals surface area (Å²) in [6, 6.07) is -0.606. The number of allylic oxidation sites excluding steroid dienone is 2.